The van der Waals surface area contributed by atoms with Crippen molar-refractivity contribution in [2.75, 3.05) is 13.1 Å². The van der Waals surface area contributed by atoms with Gasteiger partial charge in [-0.15, -0.1) is 0 Å². The average molecular weight is 348 g/mol. The summed E-state index contributed by atoms with van der Waals surface area (Å²) in [4.78, 5) is 18.6. The van der Waals surface area contributed by atoms with E-state index >= 15 is 0 Å². The zero-order valence-electron chi connectivity index (χ0n) is 11.3. The Labute approximate surface area is 130 Å². The second-order valence-corrected chi connectivity index (χ2v) is 6.60. The summed E-state index contributed by atoms with van der Waals surface area (Å²) in [6, 6.07) is 7.45. The van der Waals surface area contributed by atoms with Crippen LogP contribution in [0.15, 0.2) is 33.3 Å². The lowest BCUT2D eigenvalue weighted by Crippen LogP contribution is -2.48. The van der Waals surface area contributed by atoms with Crippen molar-refractivity contribution in [1.29, 1.82) is 0 Å². The van der Waals surface area contributed by atoms with Gasteiger partial charge < -0.3 is 9.42 Å². The van der Waals surface area contributed by atoms with Crippen LogP contribution in [0.3, 0.4) is 0 Å². The van der Waals surface area contributed by atoms with Crippen molar-refractivity contribution in [2.24, 2.45) is 0 Å². The minimum absolute atomic E-state index is 0.0504. The molecule has 1 aromatic carbocycles. The van der Waals surface area contributed by atoms with Gasteiger partial charge in [-0.25, -0.2) is 0 Å². The molecule has 1 saturated heterocycles. The minimum Gasteiger partial charge on any atom is -0.339 e. The predicted molar refractivity (Wildman–Crippen MR) is 79.1 cm³/mol. The summed E-state index contributed by atoms with van der Waals surface area (Å²) in [5.74, 6) is 2.24. The van der Waals surface area contributed by atoms with E-state index in [4.69, 9.17) is 4.52 Å². The summed E-state index contributed by atoms with van der Waals surface area (Å²) in [6.07, 6.45) is 2.33. The topological polar surface area (TPSA) is 59.2 Å². The van der Waals surface area contributed by atoms with Crippen molar-refractivity contribution < 1.29 is 9.32 Å². The minimum atomic E-state index is 0.0504. The molecule has 1 aromatic heterocycles. The van der Waals surface area contributed by atoms with Crippen LogP contribution in [-0.2, 0) is 0 Å². The van der Waals surface area contributed by atoms with Gasteiger partial charge in [0.1, 0.15) is 0 Å². The first-order valence-corrected chi connectivity index (χ1v) is 7.88. The van der Waals surface area contributed by atoms with E-state index in [9.17, 15) is 4.79 Å². The second kappa shape index (κ2) is 4.94. The number of hydrogen-bond acceptors (Lipinski definition) is 4. The largest absolute Gasteiger partial charge is 0.339 e. The van der Waals surface area contributed by atoms with Crippen LogP contribution in [0, 0.1) is 0 Å². The summed E-state index contributed by atoms with van der Waals surface area (Å²) in [5, 5.41) is 4.03. The Hall–Kier alpha value is -1.69. The van der Waals surface area contributed by atoms with Crippen LogP contribution in [0.1, 0.15) is 46.8 Å². The number of carbonyl (C=O) groups is 1. The first-order valence-electron chi connectivity index (χ1n) is 7.09. The van der Waals surface area contributed by atoms with Gasteiger partial charge in [0.25, 0.3) is 5.91 Å². The summed E-state index contributed by atoms with van der Waals surface area (Å²) in [5.41, 5.74) is 0.701. The third-order valence-electron chi connectivity index (χ3n) is 3.99. The predicted octanol–water partition coefficient (Wildman–Crippen LogP) is 2.95. The van der Waals surface area contributed by atoms with E-state index in [0.717, 1.165) is 23.1 Å². The number of benzene rings is 1. The first-order chi connectivity index (χ1) is 10.2. The maximum absolute atomic E-state index is 12.3. The Morgan fingerprint density at radius 2 is 2.10 bits per heavy atom. The highest BCUT2D eigenvalue weighted by Crippen LogP contribution is 2.39. The molecule has 0 unspecified atom stereocenters. The standard InChI is InChI=1S/C15H14BrN3O2/c16-12-3-1-2-10(6-12)15(20)19-7-11(8-19)14-17-13(18-21-14)9-4-5-9/h1-3,6,9,11H,4-5,7-8H2. The number of hydrogen-bond donors (Lipinski definition) is 0. The summed E-state index contributed by atoms with van der Waals surface area (Å²) < 4.78 is 6.23. The highest BCUT2D eigenvalue weighted by Gasteiger charge is 2.37. The fourth-order valence-corrected chi connectivity index (χ4v) is 2.92. The van der Waals surface area contributed by atoms with Crippen LogP contribution in [0.2, 0.25) is 0 Å². The van der Waals surface area contributed by atoms with Crippen molar-refractivity contribution in [1.82, 2.24) is 15.0 Å². The van der Waals surface area contributed by atoms with Gasteiger partial charge in [0, 0.05) is 29.0 Å². The van der Waals surface area contributed by atoms with Gasteiger partial charge >= 0.3 is 0 Å². The normalized spacial score (nSPS) is 18.6. The molecule has 0 radical (unpaired) electrons. The third-order valence-corrected chi connectivity index (χ3v) is 4.48. The monoisotopic (exact) mass is 347 g/mol. The fraction of sp³-hybridized carbons (Fsp3) is 0.400. The van der Waals surface area contributed by atoms with Crippen LogP contribution in [-0.4, -0.2) is 34.0 Å². The van der Waals surface area contributed by atoms with Crippen LogP contribution >= 0.6 is 15.9 Å². The number of carbonyl (C=O) groups excluding carboxylic acids is 1. The SMILES string of the molecule is O=C(c1cccc(Br)c1)N1CC(c2nc(C3CC3)no2)C1. The van der Waals surface area contributed by atoms with E-state index < -0.39 is 0 Å². The van der Waals surface area contributed by atoms with Crippen LogP contribution < -0.4 is 0 Å². The Bertz CT molecular complexity index is 690. The smallest absolute Gasteiger partial charge is 0.253 e. The molecule has 0 bridgehead atoms. The summed E-state index contributed by atoms with van der Waals surface area (Å²) in [6.45, 7) is 1.30. The van der Waals surface area contributed by atoms with Crippen molar-refractivity contribution >= 4 is 21.8 Å². The maximum Gasteiger partial charge on any atom is 0.253 e. The molecule has 4 rings (SSSR count). The van der Waals surface area contributed by atoms with E-state index in [-0.39, 0.29) is 11.8 Å². The van der Waals surface area contributed by atoms with E-state index in [1.54, 1.807) is 0 Å². The number of nitrogens with zero attached hydrogens (tertiary/aromatic N) is 3. The lowest BCUT2D eigenvalue weighted by Gasteiger charge is -2.37. The highest BCUT2D eigenvalue weighted by atomic mass is 79.9. The number of amides is 1. The molecule has 5 nitrogen and oxygen atoms in total. The molecule has 2 aliphatic rings. The Morgan fingerprint density at radius 1 is 1.29 bits per heavy atom. The van der Waals surface area contributed by atoms with Crippen LogP contribution in [0.25, 0.3) is 0 Å². The van der Waals surface area contributed by atoms with Gasteiger partial charge in [-0.3, -0.25) is 4.79 Å². The second-order valence-electron chi connectivity index (χ2n) is 5.68. The zero-order chi connectivity index (χ0) is 14.4. The van der Waals surface area contributed by atoms with Crippen molar-refractivity contribution in [2.45, 2.75) is 24.7 Å². The van der Waals surface area contributed by atoms with Gasteiger partial charge in [0.15, 0.2) is 5.82 Å². The molecule has 2 heterocycles. The molecule has 108 valence electrons. The fourth-order valence-electron chi connectivity index (χ4n) is 2.53. The van der Waals surface area contributed by atoms with Crippen LogP contribution in [0.5, 0.6) is 0 Å². The molecular weight excluding hydrogens is 334 g/mol. The highest BCUT2D eigenvalue weighted by molar-refractivity contribution is 9.10. The molecule has 1 amide bonds. The molecule has 1 aliphatic heterocycles. The average Bonchev–Trinajstić information content (AvgIpc) is 3.17. The Kier molecular flexibility index (Phi) is 3.06. The molecule has 1 saturated carbocycles. The summed E-state index contributed by atoms with van der Waals surface area (Å²) in [7, 11) is 0. The molecule has 2 aromatic rings. The lowest BCUT2D eigenvalue weighted by molar-refractivity contribution is 0.0569. The third kappa shape index (κ3) is 2.48. The van der Waals surface area contributed by atoms with Crippen molar-refractivity contribution in [3.63, 3.8) is 0 Å². The van der Waals surface area contributed by atoms with E-state index in [2.05, 4.69) is 26.1 Å². The van der Waals surface area contributed by atoms with Gasteiger partial charge in [0.2, 0.25) is 5.89 Å². The molecule has 6 heteroatoms. The molecular formula is C15H14BrN3O2. The van der Waals surface area contributed by atoms with Crippen molar-refractivity contribution in [3.05, 3.63) is 46.0 Å². The van der Waals surface area contributed by atoms with E-state index in [0.29, 0.717) is 30.5 Å². The molecule has 0 N–H and O–H groups in total. The molecule has 0 atom stereocenters. The van der Waals surface area contributed by atoms with E-state index in [1.165, 1.54) is 0 Å². The van der Waals surface area contributed by atoms with E-state index in [1.807, 2.05) is 29.2 Å². The number of aromatic nitrogens is 2. The maximum atomic E-state index is 12.3. The Balaban J connectivity index is 1.40. The zero-order valence-corrected chi connectivity index (χ0v) is 12.9. The summed E-state index contributed by atoms with van der Waals surface area (Å²) >= 11 is 3.39. The Morgan fingerprint density at radius 3 is 2.81 bits per heavy atom. The lowest BCUT2D eigenvalue weighted by atomic mass is 9.99. The molecule has 1 aliphatic carbocycles. The van der Waals surface area contributed by atoms with Crippen LogP contribution in [0.4, 0.5) is 0 Å². The first kappa shape index (κ1) is 13.0. The number of rotatable bonds is 3. The number of likely N-dealkylation sites (tertiary alicyclic amines) is 1. The molecule has 0 spiro atoms. The van der Waals surface area contributed by atoms with Crippen molar-refractivity contribution in [3.8, 4) is 0 Å². The van der Waals surface area contributed by atoms with Gasteiger partial charge in [0.05, 0.1) is 5.92 Å². The quantitative estimate of drug-likeness (QED) is 0.856. The number of halogens is 1. The molecule has 21 heavy (non-hydrogen) atoms. The molecule has 2 fully saturated rings. The van der Waals surface area contributed by atoms with Gasteiger partial charge in [-0.05, 0) is 31.0 Å². The van der Waals surface area contributed by atoms with Gasteiger partial charge in [-0.2, -0.15) is 4.98 Å². The van der Waals surface area contributed by atoms with Gasteiger partial charge in [-0.1, -0.05) is 27.2 Å².